The Morgan fingerprint density at radius 1 is 0.543 bits per heavy atom. The van der Waals surface area contributed by atoms with Crippen molar-refractivity contribution in [3.8, 4) is 0 Å². The van der Waals surface area contributed by atoms with Gasteiger partial charge in [0.05, 0.1) is 23.3 Å². The number of carbonyl (C=O) groups is 2. The average molecular weight is 552 g/mol. The van der Waals surface area contributed by atoms with Crippen LogP contribution in [0.3, 0.4) is 0 Å². The van der Waals surface area contributed by atoms with E-state index >= 15 is 0 Å². The minimum Gasteiger partial charge on any atom is -0.293 e. The molecule has 0 bridgehead atoms. The molecule has 4 aromatic rings. The Balaban J connectivity index is 0.000000240. The Kier molecular flexibility index (Phi) is 11.3. The van der Waals surface area contributed by atoms with Gasteiger partial charge in [-0.15, -0.1) is 0 Å². The van der Waals surface area contributed by atoms with Crippen LogP contribution in [0.15, 0.2) is 84.9 Å². The van der Waals surface area contributed by atoms with E-state index in [2.05, 4.69) is 0 Å². The summed E-state index contributed by atoms with van der Waals surface area (Å²) in [6.07, 6.45) is -0.289. The van der Waals surface area contributed by atoms with Crippen molar-refractivity contribution in [1.29, 1.82) is 0 Å². The molecule has 0 N–H and O–H groups in total. The summed E-state index contributed by atoms with van der Waals surface area (Å²) in [5.41, 5.74) is 1.03. The van der Waals surface area contributed by atoms with E-state index in [0.717, 1.165) is 21.5 Å². The number of hydrogen-bond acceptors (Lipinski definition) is 6. The summed E-state index contributed by atoms with van der Waals surface area (Å²) in [4.78, 5) is 42.9. The normalized spacial score (nSPS) is 10.5. The fourth-order valence-electron chi connectivity index (χ4n) is 3.18. The van der Waals surface area contributed by atoms with Gasteiger partial charge in [0.25, 0.3) is 0 Å². The van der Waals surface area contributed by atoms with E-state index in [0.29, 0.717) is 11.1 Å². The molecule has 180 valence electrons. The molecule has 0 spiro atoms. The van der Waals surface area contributed by atoms with Crippen LogP contribution in [0.1, 0.15) is 48.4 Å². The number of carbonyl (C=O) groups excluding carboxylic acids is 2. The molecule has 0 atom stereocenters. The fraction of sp³-hybridized carbons (Fsp3) is 0.214. The maximum absolute atomic E-state index is 11.8. The van der Waals surface area contributed by atoms with Crippen LogP contribution >= 0.6 is 0 Å². The number of hydrogen-bond donors (Lipinski definition) is 0. The van der Waals surface area contributed by atoms with E-state index in [-0.39, 0.29) is 38.4 Å². The Bertz CT molecular complexity index is 1160. The van der Waals surface area contributed by atoms with Crippen LogP contribution in [0.25, 0.3) is 21.5 Å². The van der Waals surface area contributed by atoms with Gasteiger partial charge in [-0.3, -0.25) is 9.78 Å². The summed E-state index contributed by atoms with van der Waals surface area (Å²) >= 11 is 0. The van der Waals surface area contributed by atoms with Crippen molar-refractivity contribution >= 4 is 33.5 Å². The third kappa shape index (κ3) is 8.10. The smallest absolute Gasteiger partial charge is 0.293 e. The second-order valence-electron chi connectivity index (χ2n) is 8.08. The second-order valence-corrected chi connectivity index (χ2v) is 8.08. The fourth-order valence-corrected chi connectivity index (χ4v) is 3.18. The molecule has 7 heteroatoms. The van der Waals surface area contributed by atoms with Gasteiger partial charge in [0.15, 0.2) is 0 Å². The van der Waals surface area contributed by atoms with Crippen molar-refractivity contribution in [2.45, 2.75) is 39.9 Å². The summed E-state index contributed by atoms with van der Waals surface area (Å²) in [6, 6.07) is 26.4. The molecule has 0 saturated heterocycles. The van der Waals surface area contributed by atoms with Crippen LogP contribution in [-0.2, 0) is 45.8 Å². The molecular weight excluding hydrogens is 524 g/mol. The van der Waals surface area contributed by atoms with Crippen LogP contribution in [0.5, 0.6) is 0 Å². The van der Waals surface area contributed by atoms with E-state index in [9.17, 15) is 9.59 Å². The maximum atomic E-state index is 11.8. The topological polar surface area (TPSA) is 71.1 Å². The molecule has 35 heavy (non-hydrogen) atoms. The Morgan fingerprint density at radius 3 is 1.26 bits per heavy atom. The summed E-state index contributed by atoms with van der Waals surface area (Å²) in [7, 11) is 0. The summed E-state index contributed by atoms with van der Waals surface area (Å²) in [5.74, 6) is -0.925. The molecule has 0 amide bonds. The number of rotatable bonds is 6. The van der Waals surface area contributed by atoms with Gasteiger partial charge in [-0.25, -0.2) is 9.59 Å². The van der Waals surface area contributed by atoms with Crippen LogP contribution in [0, 0.1) is 0 Å². The molecule has 6 nitrogen and oxygen atoms in total. The van der Waals surface area contributed by atoms with Gasteiger partial charge < -0.3 is 0 Å². The quantitative estimate of drug-likeness (QED) is 0.197. The molecule has 4 aromatic carbocycles. The maximum Gasteiger partial charge on any atom is 0.373 e. The van der Waals surface area contributed by atoms with Crippen molar-refractivity contribution in [2.24, 2.45) is 0 Å². The first-order chi connectivity index (χ1) is 16.4. The standard InChI is InChI=1S/2C14H14O3.Zr/c2*1-10(2)16-17-14(15)13-9-5-7-11-6-3-4-8-12(11)13;/h2*3-10H,1-2H3;. The zero-order chi connectivity index (χ0) is 24.5. The molecule has 0 aliphatic rings. The van der Waals surface area contributed by atoms with Crippen LogP contribution in [-0.4, -0.2) is 24.1 Å². The molecule has 0 radical (unpaired) electrons. The monoisotopic (exact) mass is 550 g/mol. The van der Waals surface area contributed by atoms with E-state index in [1.165, 1.54) is 0 Å². The van der Waals surface area contributed by atoms with Gasteiger partial charge in [0, 0.05) is 26.2 Å². The van der Waals surface area contributed by atoms with Gasteiger partial charge in [0.2, 0.25) is 0 Å². The molecule has 0 saturated carbocycles. The van der Waals surface area contributed by atoms with Crippen molar-refractivity contribution in [3.05, 3.63) is 96.1 Å². The van der Waals surface area contributed by atoms with Gasteiger partial charge in [-0.05, 0) is 61.4 Å². The third-order valence-electron chi connectivity index (χ3n) is 4.65. The van der Waals surface area contributed by atoms with Crippen LogP contribution in [0.4, 0.5) is 0 Å². The van der Waals surface area contributed by atoms with Gasteiger partial charge in [-0.2, -0.15) is 9.78 Å². The predicted molar refractivity (Wildman–Crippen MR) is 131 cm³/mol. The first kappa shape index (κ1) is 28.4. The van der Waals surface area contributed by atoms with E-state index in [1.54, 1.807) is 39.8 Å². The van der Waals surface area contributed by atoms with E-state index < -0.39 is 11.9 Å². The summed E-state index contributed by atoms with van der Waals surface area (Å²) in [6.45, 7) is 7.21. The first-order valence-electron chi connectivity index (χ1n) is 11.1. The van der Waals surface area contributed by atoms with Gasteiger partial charge in [-0.1, -0.05) is 72.8 Å². The average Bonchev–Trinajstić information content (AvgIpc) is 2.85. The zero-order valence-electron chi connectivity index (χ0n) is 20.2. The molecular formula is C28H28O6Zr. The molecule has 4 rings (SSSR count). The molecule has 0 fully saturated rings. The van der Waals surface area contributed by atoms with E-state index in [1.807, 2.05) is 72.8 Å². The summed E-state index contributed by atoms with van der Waals surface area (Å²) in [5, 5.41) is 3.75. The number of benzene rings is 4. The Hall–Kier alpha value is -2.86. The molecule has 0 heterocycles. The Labute approximate surface area is 224 Å². The van der Waals surface area contributed by atoms with Crippen molar-refractivity contribution in [3.63, 3.8) is 0 Å². The minimum absolute atomic E-state index is 0. The van der Waals surface area contributed by atoms with Crippen molar-refractivity contribution < 1.29 is 55.3 Å². The third-order valence-corrected chi connectivity index (χ3v) is 4.65. The number of fused-ring (bicyclic) bond motifs is 2. The van der Waals surface area contributed by atoms with E-state index in [4.69, 9.17) is 19.6 Å². The van der Waals surface area contributed by atoms with Crippen LogP contribution in [0.2, 0.25) is 0 Å². The molecule has 0 aliphatic carbocycles. The van der Waals surface area contributed by atoms with Crippen molar-refractivity contribution in [2.75, 3.05) is 0 Å². The predicted octanol–water partition coefficient (Wildman–Crippen LogP) is 6.67. The largest absolute Gasteiger partial charge is 0.373 e. The Morgan fingerprint density at radius 2 is 0.886 bits per heavy atom. The molecule has 0 unspecified atom stereocenters. The zero-order valence-corrected chi connectivity index (χ0v) is 22.6. The van der Waals surface area contributed by atoms with Gasteiger partial charge in [0.1, 0.15) is 0 Å². The summed E-state index contributed by atoms with van der Waals surface area (Å²) < 4.78 is 0. The SMILES string of the molecule is CC(C)OOC(=O)c1cccc2ccccc12.CC(C)OOC(=O)c1cccc2ccccc12.[Zr]. The molecule has 0 aromatic heterocycles. The van der Waals surface area contributed by atoms with Crippen LogP contribution < -0.4 is 0 Å². The molecule has 0 aliphatic heterocycles. The van der Waals surface area contributed by atoms with Crippen molar-refractivity contribution in [1.82, 2.24) is 0 Å². The minimum atomic E-state index is -0.462. The van der Waals surface area contributed by atoms with Gasteiger partial charge >= 0.3 is 11.9 Å². The second kappa shape index (κ2) is 13.9. The first-order valence-corrected chi connectivity index (χ1v) is 11.1.